The third-order valence-electron chi connectivity index (χ3n) is 4.24. The molecule has 1 aromatic carbocycles. The Labute approximate surface area is 119 Å². The molecule has 20 heavy (non-hydrogen) atoms. The van der Waals surface area contributed by atoms with Crippen LogP contribution in [0.15, 0.2) is 12.1 Å². The smallest absolute Gasteiger partial charge is 0.338 e. The lowest BCUT2D eigenvalue weighted by Gasteiger charge is -2.30. The maximum atomic E-state index is 13.6. The number of esters is 1. The van der Waals surface area contributed by atoms with Crippen LogP contribution < -0.4 is 5.73 Å². The second-order valence-electron chi connectivity index (χ2n) is 5.57. The van der Waals surface area contributed by atoms with E-state index < -0.39 is 11.8 Å². The molecule has 0 aromatic heterocycles. The number of carbonyl (C=O) groups is 1. The number of nitrogens with two attached hydrogens (primary N) is 1. The van der Waals surface area contributed by atoms with Gasteiger partial charge >= 0.3 is 5.97 Å². The molecule has 0 radical (unpaired) electrons. The zero-order chi connectivity index (χ0) is 14.7. The first kappa shape index (κ1) is 14.8. The Morgan fingerprint density at radius 2 is 2.10 bits per heavy atom. The Balaban J connectivity index is 2.11. The minimum atomic E-state index is -0.471. The summed E-state index contributed by atoms with van der Waals surface area (Å²) in [5.41, 5.74) is 6.55. The lowest BCUT2D eigenvalue weighted by atomic mass is 9.85. The van der Waals surface area contributed by atoms with Crippen LogP contribution in [0.4, 0.5) is 10.1 Å². The van der Waals surface area contributed by atoms with Crippen molar-refractivity contribution in [1.29, 1.82) is 0 Å². The summed E-state index contributed by atoms with van der Waals surface area (Å²) >= 11 is 0. The number of hydrogen-bond acceptors (Lipinski definition) is 3. The lowest BCUT2D eigenvalue weighted by Crippen LogP contribution is -2.29. The van der Waals surface area contributed by atoms with Crippen molar-refractivity contribution in [2.75, 3.05) is 5.73 Å². The zero-order valence-corrected chi connectivity index (χ0v) is 12.1. The molecule has 1 saturated carbocycles. The third-order valence-corrected chi connectivity index (χ3v) is 4.24. The zero-order valence-electron chi connectivity index (χ0n) is 12.1. The van der Waals surface area contributed by atoms with Gasteiger partial charge in [0.2, 0.25) is 0 Å². The fourth-order valence-electron chi connectivity index (χ4n) is 2.82. The molecule has 2 rings (SSSR count). The van der Waals surface area contributed by atoms with E-state index in [4.69, 9.17) is 10.5 Å². The number of nitrogen functional groups attached to an aromatic ring is 1. The van der Waals surface area contributed by atoms with Crippen LogP contribution >= 0.6 is 0 Å². The number of ether oxygens (including phenoxy) is 1. The average molecular weight is 279 g/mol. The van der Waals surface area contributed by atoms with E-state index in [1.807, 2.05) is 0 Å². The highest BCUT2D eigenvalue weighted by Crippen LogP contribution is 2.30. The summed E-state index contributed by atoms with van der Waals surface area (Å²) in [5.74, 6) is -0.520. The molecule has 1 aliphatic carbocycles. The van der Waals surface area contributed by atoms with Crippen LogP contribution in [-0.4, -0.2) is 12.1 Å². The Kier molecular flexibility index (Phi) is 4.63. The average Bonchev–Trinajstić information content (AvgIpc) is 2.44. The van der Waals surface area contributed by atoms with Crippen molar-refractivity contribution in [3.8, 4) is 0 Å². The molecule has 0 heterocycles. The van der Waals surface area contributed by atoms with Crippen LogP contribution in [0.25, 0.3) is 0 Å². The molecule has 0 bridgehead atoms. The maximum Gasteiger partial charge on any atom is 0.338 e. The molecule has 1 aliphatic rings. The van der Waals surface area contributed by atoms with E-state index in [-0.39, 0.29) is 17.4 Å². The molecule has 2 unspecified atom stereocenters. The van der Waals surface area contributed by atoms with Gasteiger partial charge in [-0.25, -0.2) is 9.18 Å². The van der Waals surface area contributed by atoms with Crippen LogP contribution in [0.1, 0.15) is 54.9 Å². The molecule has 0 aliphatic heterocycles. The standard InChI is InChI=1S/C16H22FNO2/c1-3-11-6-4-5-7-15(11)20-16(19)12-8-13(17)10(2)14(18)9-12/h8-9,11,15H,3-7,18H2,1-2H3. The van der Waals surface area contributed by atoms with Crippen LogP contribution in [0, 0.1) is 18.7 Å². The van der Waals surface area contributed by atoms with Crippen molar-refractivity contribution < 1.29 is 13.9 Å². The van der Waals surface area contributed by atoms with E-state index in [2.05, 4.69) is 6.92 Å². The van der Waals surface area contributed by atoms with Crippen molar-refractivity contribution in [3.05, 3.63) is 29.1 Å². The second-order valence-corrected chi connectivity index (χ2v) is 5.57. The second kappa shape index (κ2) is 6.25. The van der Waals surface area contributed by atoms with Gasteiger partial charge in [-0.2, -0.15) is 0 Å². The fraction of sp³-hybridized carbons (Fsp3) is 0.562. The highest BCUT2D eigenvalue weighted by atomic mass is 19.1. The molecule has 2 atom stereocenters. The van der Waals surface area contributed by atoms with Crippen molar-refractivity contribution in [3.63, 3.8) is 0 Å². The topological polar surface area (TPSA) is 52.3 Å². The summed E-state index contributed by atoms with van der Waals surface area (Å²) in [6.07, 6.45) is 5.22. The minimum Gasteiger partial charge on any atom is -0.458 e. The van der Waals surface area contributed by atoms with Gasteiger partial charge in [-0.3, -0.25) is 0 Å². The van der Waals surface area contributed by atoms with Crippen molar-refractivity contribution >= 4 is 11.7 Å². The van der Waals surface area contributed by atoms with Gasteiger partial charge in [0, 0.05) is 11.3 Å². The van der Waals surface area contributed by atoms with E-state index in [0.29, 0.717) is 11.5 Å². The van der Waals surface area contributed by atoms with E-state index >= 15 is 0 Å². The number of benzene rings is 1. The van der Waals surface area contributed by atoms with E-state index in [0.717, 1.165) is 25.7 Å². The summed E-state index contributed by atoms with van der Waals surface area (Å²) in [7, 11) is 0. The van der Waals surface area contributed by atoms with Gasteiger partial charge in [-0.05, 0) is 50.7 Å². The van der Waals surface area contributed by atoms with Gasteiger partial charge in [-0.15, -0.1) is 0 Å². The fourth-order valence-corrected chi connectivity index (χ4v) is 2.82. The quantitative estimate of drug-likeness (QED) is 0.675. The molecule has 0 saturated heterocycles. The van der Waals surface area contributed by atoms with E-state index in [1.165, 1.54) is 18.6 Å². The molecule has 4 heteroatoms. The van der Waals surface area contributed by atoms with Gasteiger partial charge in [0.25, 0.3) is 0 Å². The van der Waals surface area contributed by atoms with Gasteiger partial charge in [0.1, 0.15) is 11.9 Å². The highest BCUT2D eigenvalue weighted by molar-refractivity contribution is 5.90. The first-order valence-electron chi connectivity index (χ1n) is 7.29. The van der Waals surface area contributed by atoms with Gasteiger partial charge in [0.05, 0.1) is 5.56 Å². The SMILES string of the molecule is CCC1CCCCC1OC(=O)c1cc(N)c(C)c(F)c1. The van der Waals surface area contributed by atoms with Crippen molar-refractivity contribution in [2.24, 2.45) is 5.92 Å². The molecule has 1 fully saturated rings. The van der Waals surface area contributed by atoms with Crippen molar-refractivity contribution in [1.82, 2.24) is 0 Å². The molecule has 3 nitrogen and oxygen atoms in total. The number of anilines is 1. The maximum absolute atomic E-state index is 13.6. The summed E-state index contributed by atoms with van der Waals surface area (Å²) in [6, 6.07) is 2.70. The predicted octanol–water partition coefficient (Wildman–Crippen LogP) is 3.84. The molecule has 1 aromatic rings. The molecule has 0 amide bonds. The summed E-state index contributed by atoms with van der Waals surface area (Å²) in [6.45, 7) is 3.70. The van der Waals surface area contributed by atoms with Crippen LogP contribution in [-0.2, 0) is 4.74 Å². The van der Waals surface area contributed by atoms with Crippen LogP contribution in [0.3, 0.4) is 0 Å². The van der Waals surface area contributed by atoms with Gasteiger partial charge in [-0.1, -0.05) is 13.3 Å². The minimum absolute atomic E-state index is 0.0492. The Hall–Kier alpha value is -1.58. The Morgan fingerprint density at radius 1 is 1.40 bits per heavy atom. The van der Waals surface area contributed by atoms with Gasteiger partial charge in [0.15, 0.2) is 0 Å². The highest BCUT2D eigenvalue weighted by Gasteiger charge is 2.27. The van der Waals surface area contributed by atoms with E-state index in [9.17, 15) is 9.18 Å². The van der Waals surface area contributed by atoms with E-state index in [1.54, 1.807) is 6.92 Å². The largest absolute Gasteiger partial charge is 0.458 e. The summed E-state index contributed by atoms with van der Waals surface area (Å²) in [4.78, 5) is 12.1. The molecular weight excluding hydrogens is 257 g/mol. The molecule has 2 N–H and O–H groups in total. The molecular formula is C16H22FNO2. The van der Waals surface area contributed by atoms with Crippen LogP contribution in [0.2, 0.25) is 0 Å². The third kappa shape index (κ3) is 3.11. The predicted molar refractivity (Wildman–Crippen MR) is 77.0 cm³/mol. The van der Waals surface area contributed by atoms with Crippen LogP contribution in [0.5, 0.6) is 0 Å². The first-order chi connectivity index (χ1) is 9.52. The number of rotatable bonds is 3. The monoisotopic (exact) mass is 279 g/mol. The molecule has 0 spiro atoms. The summed E-state index contributed by atoms with van der Waals surface area (Å²) < 4.78 is 19.2. The lowest BCUT2D eigenvalue weighted by molar-refractivity contribution is 0.000670. The first-order valence-corrected chi connectivity index (χ1v) is 7.29. The normalized spacial score (nSPS) is 22.6. The molecule has 110 valence electrons. The number of carbonyl (C=O) groups excluding carboxylic acids is 1. The van der Waals surface area contributed by atoms with Gasteiger partial charge < -0.3 is 10.5 Å². The number of hydrogen-bond donors (Lipinski definition) is 1. The Bertz CT molecular complexity index is 478. The number of halogens is 1. The summed E-state index contributed by atoms with van der Waals surface area (Å²) in [5, 5.41) is 0. The Morgan fingerprint density at radius 3 is 2.75 bits per heavy atom. The van der Waals surface area contributed by atoms with Crippen molar-refractivity contribution in [2.45, 2.75) is 52.1 Å².